The van der Waals surface area contributed by atoms with E-state index in [1.54, 1.807) is 35.9 Å². The van der Waals surface area contributed by atoms with Crippen LogP contribution in [-0.2, 0) is 12.7 Å². The number of hydrogen-bond donors (Lipinski definition) is 1. The fourth-order valence-electron chi connectivity index (χ4n) is 3.25. The molecule has 1 N–H and O–H groups in total. The monoisotopic (exact) mass is 364 g/mol. The molecule has 1 aromatic carbocycles. The molecule has 3 heterocycles. The molecular weight excluding hydrogens is 349 g/mol. The molecule has 25 heavy (non-hydrogen) atoms. The van der Waals surface area contributed by atoms with Gasteiger partial charge in [0.05, 0.1) is 0 Å². The van der Waals surface area contributed by atoms with Gasteiger partial charge in [-0.3, -0.25) is 5.43 Å². The van der Waals surface area contributed by atoms with Crippen molar-refractivity contribution in [3.63, 3.8) is 0 Å². The minimum Gasteiger partial charge on any atom is -0.350 e. The molecule has 0 amide bonds. The van der Waals surface area contributed by atoms with E-state index in [1.165, 1.54) is 17.5 Å². The first-order chi connectivity index (χ1) is 11.8. The van der Waals surface area contributed by atoms with Gasteiger partial charge in [-0.25, -0.2) is 10.0 Å². The van der Waals surface area contributed by atoms with Crippen molar-refractivity contribution >= 4 is 33.6 Å². The highest BCUT2D eigenvalue weighted by Gasteiger charge is 2.64. The lowest BCUT2D eigenvalue weighted by atomic mass is 9.98. The molecule has 0 bridgehead atoms. The van der Waals surface area contributed by atoms with E-state index in [4.69, 9.17) is 0 Å². The molecule has 4 nitrogen and oxygen atoms in total. The number of aromatic nitrogens is 1. The van der Waals surface area contributed by atoms with Crippen LogP contribution in [0, 0.1) is 6.92 Å². The second kappa shape index (κ2) is 5.26. The third-order valence-corrected chi connectivity index (χ3v) is 5.40. The zero-order valence-electron chi connectivity index (χ0n) is 13.5. The number of alkyl halides is 3. The highest BCUT2D eigenvalue weighted by atomic mass is 32.1. The van der Waals surface area contributed by atoms with Crippen LogP contribution in [0.2, 0.25) is 0 Å². The molecule has 1 atom stereocenters. The van der Waals surface area contributed by atoms with Crippen molar-refractivity contribution in [2.24, 2.45) is 12.0 Å². The van der Waals surface area contributed by atoms with Gasteiger partial charge in [-0.1, -0.05) is 18.2 Å². The fraction of sp³-hybridized carbons (Fsp3) is 0.235. The number of aliphatic imine (C=N–C) groups is 1. The molecule has 130 valence electrons. The van der Waals surface area contributed by atoms with E-state index >= 15 is 0 Å². The smallest absolute Gasteiger partial charge is 0.350 e. The summed E-state index contributed by atoms with van der Waals surface area (Å²) >= 11 is 1.25. The van der Waals surface area contributed by atoms with Gasteiger partial charge in [-0.15, -0.1) is 11.3 Å². The number of benzene rings is 1. The topological polar surface area (TPSA) is 32.6 Å². The average molecular weight is 364 g/mol. The molecular formula is C17H15F3N4S. The van der Waals surface area contributed by atoms with Gasteiger partial charge in [-0.2, -0.15) is 13.2 Å². The van der Waals surface area contributed by atoms with Crippen LogP contribution < -0.4 is 10.4 Å². The third kappa shape index (κ3) is 2.17. The number of fused-ring (bicyclic) bond motifs is 1. The molecule has 3 aromatic rings. The predicted octanol–water partition coefficient (Wildman–Crippen LogP) is 4.32. The molecule has 0 aliphatic carbocycles. The van der Waals surface area contributed by atoms with E-state index in [0.29, 0.717) is 10.4 Å². The lowest BCUT2D eigenvalue weighted by Crippen LogP contribution is -2.56. The van der Waals surface area contributed by atoms with Crippen molar-refractivity contribution in [2.45, 2.75) is 18.8 Å². The van der Waals surface area contributed by atoms with Crippen LogP contribution in [-0.4, -0.2) is 17.1 Å². The Labute approximate surface area is 146 Å². The first-order valence-electron chi connectivity index (χ1n) is 7.61. The Balaban J connectivity index is 2.01. The van der Waals surface area contributed by atoms with Crippen LogP contribution in [0.3, 0.4) is 0 Å². The second-order valence-electron chi connectivity index (χ2n) is 6.03. The largest absolute Gasteiger partial charge is 0.438 e. The molecule has 2 aromatic heterocycles. The zero-order chi connectivity index (χ0) is 17.8. The van der Waals surface area contributed by atoms with Crippen LogP contribution in [0.4, 0.5) is 18.2 Å². The van der Waals surface area contributed by atoms with E-state index in [1.807, 2.05) is 18.4 Å². The van der Waals surface area contributed by atoms with Crippen molar-refractivity contribution in [1.82, 2.24) is 9.99 Å². The lowest BCUT2D eigenvalue weighted by Gasteiger charge is -2.37. The summed E-state index contributed by atoms with van der Waals surface area (Å²) in [5, 5.41) is 3.91. The van der Waals surface area contributed by atoms with E-state index in [0.717, 1.165) is 22.4 Å². The molecule has 1 aliphatic rings. The maximum absolute atomic E-state index is 14.4. The quantitative estimate of drug-likeness (QED) is 0.735. The number of hydrogen-bond acceptors (Lipinski definition) is 4. The molecule has 4 rings (SSSR count). The average Bonchev–Trinajstić information content (AvgIpc) is 3.24. The maximum atomic E-state index is 14.4. The summed E-state index contributed by atoms with van der Waals surface area (Å²) in [6.07, 6.45) is -1.99. The number of hydrazine groups is 1. The minimum atomic E-state index is -4.62. The lowest BCUT2D eigenvalue weighted by molar-refractivity contribution is -0.187. The fourth-order valence-corrected chi connectivity index (χ4v) is 4.17. The van der Waals surface area contributed by atoms with E-state index in [9.17, 15) is 13.2 Å². The Kier molecular flexibility index (Phi) is 3.37. The first-order valence-corrected chi connectivity index (χ1v) is 8.49. The highest BCUT2D eigenvalue weighted by Crippen LogP contribution is 2.50. The van der Waals surface area contributed by atoms with Crippen molar-refractivity contribution in [1.29, 1.82) is 0 Å². The van der Waals surface area contributed by atoms with Crippen molar-refractivity contribution < 1.29 is 13.2 Å². The molecule has 0 radical (unpaired) electrons. The predicted molar refractivity (Wildman–Crippen MR) is 93.8 cm³/mol. The van der Waals surface area contributed by atoms with Crippen molar-refractivity contribution in [3.05, 3.63) is 53.0 Å². The Morgan fingerprint density at radius 1 is 1.24 bits per heavy atom. The second-order valence-corrected chi connectivity index (χ2v) is 6.92. The van der Waals surface area contributed by atoms with Gasteiger partial charge in [0.1, 0.15) is 11.3 Å². The summed E-state index contributed by atoms with van der Waals surface area (Å²) in [7, 11) is 1.74. The van der Waals surface area contributed by atoms with Gasteiger partial charge in [0.15, 0.2) is 0 Å². The number of para-hydroxylation sites is 1. The molecule has 0 spiro atoms. The molecule has 1 unspecified atom stereocenters. The van der Waals surface area contributed by atoms with Gasteiger partial charge < -0.3 is 4.57 Å². The molecule has 0 saturated carbocycles. The first kappa shape index (κ1) is 16.0. The highest BCUT2D eigenvalue weighted by molar-refractivity contribution is 7.14. The summed E-state index contributed by atoms with van der Waals surface area (Å²) in [5.41, 5.74) is 1.91. The number of nitrogens with one attached hydrogen (secondary N) is 1. The third-order valence-electron chi connectivity index (χ3n) is 4.37. The number of anilines is 1. The number of nitrogens with zero attached hydrogens (tertiary/aromatic N) is 3. The van der Waals surface area contributed by atoms with Crippen LogP contribution in [0.5, 0.6) is 0 Å². The maximum Gasteiger partial charge on any atom is 0.438 e. The van der Waals surface area contributed by atoms with Crippen LogP contribution in [0.1, 0.15) is 11.1 Å². The number of thiophene rings is 1. The van der Waals surface area contributed by atoms with Crippen LogP contribution >= 0.6 is 11.3 Å². The van der Waals surface area contributed by atoms with Gasteiger partial charge >= 0.3 is 6.18 Å². The standard InChI is InChI=1S/C17H15F3N4S/c1-11-7-15(25-9-11)24-16(17(18,19)20,21-10-22-24)13-8-23(2)14-6-4-3-5-12(13)14/h3-10H,1-2H3,(H,21,22). The molecule has 0 saturated heterocycles. The Morgan fingerprint density at radius 2 is 2.00 bits per heavy atom. The molecule has 1 aliphatic heterocycles. The SMILES string of the molecule is Cc1csc(N2NC=NC2(c2cn(C)c3ccccc23)C(F)(F)F)c1. The van der Waals surface area contributed by atoms with E-state index in [2.05, 4.69) is 10.4 Å². The van der Waals surface area contributed by atoms with Crippen LogP contribution in [0.15, 0.2) is 46.9 Å². The molecule has 8 heteroatoms. The molecule has 0 fully saturated rings. The van der Waals surface area contributed by atoms with Gasteiger partial charge in [0.25, 0.3) is 5.66 Å². The van der Waals surface area contributed by atoms with Crippen LogP contribution in [0.25, 0.3) is 10.9 Å². The van der Waals surface area contributed by atoms with Crippen molar-refractivity contribution in [3.8, 4) is 0 Å². The van der Waals surface area contributed by atoms with Gasteiger partial charge in [0, 0.05) is 29.7 Å². The van der Waals surface area contributed by atoms with E-state index < -0.39 is 11.8 Å². The summed E-state index contributed by atoms with van der Waals surface area (Å²) in [5.74, 6) is 0. The Morgan fingerprint density at radius 3 is 2.68 bits per heavy atom. The summed E-state index contributed by atoms with van der Waals surface area (Å²) in [6, 6.07) is 8.76. The number of aryl methyl sites for hydroxylation is 2. The van der Waals surface area contributed by atoms with Gasteiger partial charge in [0.2, 0.25) is 0 Å². The van der Waals surface area contributed by atoms with Crippen molar-refractivity contribution in [2.75, 3.05) is 5.01 Å². The zero-order valence-corrected chi connectivity index (χ0v) is 14.3. The summed E-state index contributed by atoms with van der Waals surface area (Å²) in [6.45, 7) is 1.85. The normalized spacial score (nSPS) is 20.4. The van der Waals surface area contributed by atoms with Gasteiger partial charge in [-0.05, 0) is 30.0 Å². The summed E-state index contributed by atoms with van der Waals surface area (Å²) < 4.78 is 44.8. The summed E-state index contributed by atoms with van der Waals surface area (Å²) in [4.78, 5) is 3.90. The number of rotatable bonds is 2. The Bertz CT molecular complexity index is 972. The number of halogens is 3. The van der Waals surface area contributed by atoms with E-state index in [-0.39, 0.29) is 5.56 Å². The minimum absolute atomic E-state index is 0.102. The Hall–Kier alpha value is -2.48.